The van der Waals surface area contributed by atoms with Crippen molar-refractivity contribution in [2.24, 2.45) is 11.3 Å². The Morgan fingerprint density at radius 3 is 3.00 bits per heavy atom. The predicted octanol–water partition coefficient (Wildman–Crippen LogP) is 0.796. The zero-order valence-electron chi connectivity index (χ0n) is 10.7. The molecule has 0 saturated heterocycles. The van der Waals surface area contributed by atoms with Crippen molar-refractivity contribution >= 4 is 0 Å². The molecule has 0 aliphatic heterocycles. The van der Waals surface area contributed by atoms with Gasteiger partial charge in [0, 0.05) is 25.9 Å². The maximum absolute atomic E-state index is 8.72. The van der Waals surface area contributed by atoms with E-state index >= 15 is 0 Å². The predicted molar refractivity (Wildman–Crippen MR) is 65.3 cm³/mol. The minimum absolute atomic E-state index is 0.199. The highest BCUT2D eigenvalue weighted by atomic mass is 16.3. The van der Waals surface area contributed by atoms with Gasteiger partial charge in [0.05, 0.1) is 5.69 Å². The summed E-state index contributed by atoms with van der Waals surface area (Å²) in [6.07, 6.45) is 4.00. The number of aromatic nitrogens is 3. The number of hydrogen-bond acceptors (Lipinski definition) is 4. The summed E-state index contributed by atoms with van der Waals surface area (Å²) in [4.78, 5) is 0. The average molecular weight is 238 g/mol. The molecule has 1 aliphatic rings. The van der Waals surface area contributed by atoms with Gasteiger partial charge >= 0.3 is 0 Å². The van der Waals surface area contributed by atoms with Gasteiger partial charge in [-0.05, 0) is 30.7 Å². The van der Waals surface area contributed by atoms with Crippen molar-refractivity contribution in [1.82, 2.24) is 20.3 Å². The fourth-order valence-corrected chi connectivity index (χ4v) is 2.06. The van der Waals surface area contributed by atoms with Crippen molar-refractivity contribution in [2.45, 2.75) is 39.8 Å². The van der Waals surface area contributed by atoms with Crippen LogP contribution in [0.5, 0.6) is 0 Å². The molecule has 0 bridgehead atoms. The maximum Gasteiger partial charge on any atom is 0.0964 e. The van der Waals surface area contributed by atoms with Crippen LogP contribution in [0.3, 0.4) is 0 Å². The summed E-state index contributed by atoms with van der Waals surface area (Å²) >= 11 is 0. The number of nitrogens with one attached hydrogen (secondary N) is 1. The first-order valence-electron chi connectivity index (χ1n) is 6.32. The Morgan fingerprint density at radius 2 is 2.35 bits per heavy atom. The van der Waals surface area contributed by atoms with Crippen molar-refractivity contribution in [3.63, 3.8) is 0 Å². The van der Waals surface area contributed by atoms with E-state index in [1.807, 2.05) is 6.20 Å². The van der Waals surface area contributed by atoms with E-state index in [2.05, 4.69) is 29.5 Å². The molecule has 0 spiro atoms. The standard InChI is InChI=1S/C12H22N4O/c1-12(2)6-10(12)7-13-8-11-9-16(15-14-11)4-3-5-17/h9-10,13,17H,3-8H2,1-2H3. The molecule has 96 valence electrons. The SMILES string of the molecule is CC1(C)CC1CNCc1cn(CCCO)nn1. The smallest absolute Gasteiger partial charge is 0.0964 e. The summed E-state index contributed by atoms with van der Waals surface area (Å²) in [6, 6.07) is 0. The molecular formula is C12H22N4O. The van der Waals surface area contributed by atoms with Crippen LogP contribution in [0.25, 0.3) is 0 Å². The third-order valence-electron chi connectivity index (χ3n) is 3.55. The van der Waals surface area contributed by atoms with E-state index in [4.69, 9.17) is 5.11 Å². The van der Waals surface area contributed by atoms with Crippen LogP contribution in [0.1, 0.15) is 32.4 Å². The highest BCUT2D eigenvalue weighted by Crippen LogP contribution is 2.50. The second-order valence-corrected chi connectivity index (χ2v) is 5.57. The highest BCUT2D eigenvalue weighted by molar-refractivity contribution is 4.97. The van der Waals surface area contributed by atoms with Crippen LogP contribution >= 0.6 is 0 Å². The summed E-state index contributed by atoms with van der Waals surface area (Å²) in [5.74, 6) is 0.812. The molecule has 1 aromatic heterocycles. The number of hydrogen-bond donors (Lipinski definition) is 2. The third-order valence-corrected chi connectivity index (χ3v) is 3.55. The number of nitrogens with zero attached hydrogens (tertiary/aromatic N) is 3. The number of aliphatic hydroxyl groups excluding tert-OH is 1. The molecule has 0 aromatic carbocycles. The molecular weight excluding hydrogens is 216 g/mol. The zero-order valence-corrected chi connectivity index (χ0v) is 10.7. The van der Waals surface area contributed by atoms with Crippen molar-refractivity contribution in [1.29, 1.82) is 0 Å². The summed E-state index contributed by atoms with van der Waals surface area (Å²) in [5.41, 5.74) is 1.51. The molecule has 1 heterocycles. The Hall–Kier alpha value is -0.940. The fraction of sp³-hybridized carbons (Fsp3) is 0.833. The molecule has 1 saturated carbocycles. The van der Waals surface area contributed by atoms with Gasteiger partial charge in [0.2, 0.25) is 0 Å². The van der Waals surface area contributed by atoms with E-state index in [0.29, 0.717) is 5.41 Å². The topological polar surface area (TPSA) is 63.0 Å². The van der Waals surface area contributed by atoms with Gasteiger partial charge in [-0.25, -0.2) is 0 Å². The van der Waals surface area contributed by atoms with Gasteiger partial charge in [0.25, 0.3) is 0 Å². The van der Waals surface area contributed by atoms with E-state index < -0.39 is 0 Å². The summed E-state index contributed by atoms with van der Waals surface area (Å²) in [5, 5.41) is 20.2. The molecule has 1 aromatic rings. The van der Waals surface area contributed by atoms with Crippen molar-refractivity contribution in [2.75, 3.05) is 13.2 Å². The van der Waals surface area contributed by atoms with Crippen molar-refractivity contribution < 1.29 is 5.11 Å². The number of aliphatic hydroxyl groups is 1. The van der Waals surface area contributed by atoms with Crippen LogP contribution in [0, 0.1) is 11.3 Å². The van der Waals surface area contributed by atoms with Gasteiger partial charge in [-0.3, -0.25) is 4.68 Å². The second kappa shape index (κ2) is 5.14. The Morgan fingerprint density at radius 1 is 1.59 bits per heavy atom. The van der Waals surface area contributed by atoms with Gasteiger partial charge < -0.3 is 10.4 Å². The molecule has 1 fully saturated rings. The Kier molecular flexibility index (Phi) is 3.79. The molecule has 5 heteroatoms. The first-order valence-corrected chi connectivity index (χ1v) is 6.32. The van der Waals surface area contributed by atoms with Gasteiger partial charge in [-0.1, -0.05) is 19.1 Å². The van der Waals surface area contributed by atoms with Crippen LogP contribution in [-0.2, 0) is 13.1 Å². The van der Waals surface area contributed by atoms with Crippen LogP contribution in [0.2, 0.25) is 0 Å². The molecule has 2 rings (SSSR count). The van der Waals surface area contributed by atoms with E-state index in [0.717, 1.165) is 37.7 Å². The summed E-state index contributed by atoms with van der Waals surface area (Å²) in [7, 11) is 0. The Bertz CT molecular complexity index is 361. The number of aryl methyl sites for hydroxylation is 1. The average Bonchev–Trinajstić information content (AvgIpc) is 2.73. The monoisotopic (exact) mass is 238 g/mol. The molecule has 0 radical (unpaired) electrons. The Balaban J connectivity index is 1.67. The molecule has 1 unspecified atom stereocenters. The first-order chi connectivity index (χ1) is 8.12. The maximum atomic E-state index is 8.72. The largest absolute Gasteiger partial charge is 0.396 e. The van der Waals surface area contributed by atoms with Crippen LogP contribution < -0.4 is 5.32 Å². The van der Waals surface area contributed by atoms with E-state index in [1.165, 1.54) is 6.42 Å². The molecule has 5 nitrogen and oxygen atoms in total. The fourth-order valence-electron chi connectivity index (χ4n) is 2.06. The lowest BCUT2D eigenvalue weighted by Gasteiger charge is -2.03. The summed E-state index contributed by atoms with van der Waals surface area (Å²) in [6.45, 7) is 7.40. The van der Waals surface area contributed by atoms with Crippen LogP contribution in [-0.4, -0.2) is 33.3 Å². The van der Waals surface area contributed by atoms with E-state index in [-0.39, 0.29) is 6.61 Å². The Labute approximate surface area is 102 Å². The van der Waals surface area contributed by atoms with Crippen LogP contribution in [0.4, 0.5) is 0 Å². The third kappa shape index (κ3) is 3.51. The highest BCUT2D eigenvalue weighted by Gasteiger charge is 2.44. The minimum Gasteiger partial charge on any atom is -0.396 e. The lowest BCUT2D eigenvalue weighted by Crippen LogP contribution is -2.18. The lowest BCUT2D eigenvalue weighted by molar-refractivity contribution is 0.276. The van der Waals surface area contributed by atoms with Gasteiger partial charge in [0.1, 0.15) is 0 Å². The van der Waals surface area contributed by atoms with Crippen molar-refractivity contribution in [3.05, 3.63) is 11.9 Å². The quantitative estimate of drug-likeness (QED) is 0.737. The number of rotatable bonds is 7. The second-order valence-electron chi connectivity index (χ2n) is 5.57. The molecule has 1 atom stereocenters. The first kappa shape index (κ1) is 12.5. The minimum atomic E-state index is 0.199. The molecule has 2 N–H and O–H groups in total. The molecule has 0 amide bonds. The van der Waals surface area contributed by atoms with Gasteiger partial charge in [-0.15, -0.1) is 5.10 Å². The lowest BCUT2D eigenvalue weighted by atomic mass is 10.1. The molecule has 17 heavy (non-hydrogen) atoms. The van der Waals surface area contributed by atoms with Crippen LogP contribution in [0.15, 0.2) is 6.20 Å². The zero-order chi connectivity index (χ0) is 12.3. The van der Waals surface area contributed by atoms with Gasteiger partial charge in [-0.2, -0.15) is 0 Å². The van der Waals surface area contributed by atoms with E-state index in [1.54, 1.807) is 4.68 Å². The van der Waals surface area contributed by atoms with Gasteiger partial charge in [0.15, 0.2) is 0 Å². The summed E-state index contributed by atoms with van der Waals surface area (Å²) < 4.78 is 1.79. The van der Waals surface area contributed by atoms with E-state index in [9.17, 15) is 0 Å². The normalized spacial score (nSPS) is 21.7. The van der Waals surface area contributed by atoms with Crippen molar-refractivity contribution in [3.8, 4) is 0 Å². The molecule has 1 aliphatic carbocycles.